The first-order valence-electron chi connectivity index (χ1n) is 7.07. The molecule has 112 valence electrons. The minimum atomic E-state index is -0.470. The molecule has 2 rings (SSSR count). The van der Waals surface area contributed by atoms with Crippen molar-refractivity contribution in [3.8, 4) is 6.07 Å². The summed E-state index contributed by atoms with van der Waals surface area (Å²) >= 11 is 3.42. The molecule has 1 saturated heterocycles. The van der Waals surface area contributed by atoms with Gasteiger partial charge in [-0.3, -0.25) is 9.69 Å². The van der Waals surface area contributed by atoms with E-state index in [4.69, 9.17) is 0 Å². The number of piperazine rings is 1. The van der Waals surface area contributed by atoms with E-state index in [1.54, 1.807) is 0 Å². The number of carbonyl (C=O) groups is 1. The van der Waals surface area contributed by atoms with Crippen LogP contribution in [0.5, 0.6) is 0 Å². The van der Waals surface area contributed by atoms with E-state index in [2.05, 4.69) is 26.9 Å². The Balaban J connectivity index is 2.06. The Bertz CT molecular complexity index is 584. The minimum absolute atomic E-state index is 0.0782. The first kappa shape index (κ1) is 16.0. The van der Waals surface area contributed by atoms with Gasteiger partial charge in [-0.2, -0.15) is 5.26 Å². The van der Waals surface area contributed by atoms with E-state index in [9.17, 15) is 10.1 Å². The van der Waals surface area contributed by atoms with Gasteiger partial charge in [0.2, 0.25) is 0 Å². The molecule has 21 heavy (non-hydrogen) atoms. The highest BCUT2D eigenvalue weighted by atomic mass is 79.9. The second-order valence-corrected chi connectivity index (χ2v) is 6.82. The lowest BCUT2D eigenvalue weighted by Gasteiger charge is -2.40. The van der Waals surface area contributed by atoms with Gasteiger partial charge in [-0.05, 0) is 44.5 Å². The van der Waals surface area contributed by atoms with Gasteiger partial charge >= 0.3 is 0 Å². The number of benzene rings is 1. The van der Waals surface area contributed by atoms with Crippen molar-refractivity contribution >= 4 is 21.8 Å². The molecule has 0 N–H and O–H groups in total. The van der Waals surface area contributed by atoms with Crippen molar-refractivity contribution in [2.45, 2.75) is 26.3 Å². The molecule has 1 aliphatic rings. The fourth-order valence-electron chi connectivity index (χ4n) is 2.58. The van der Waals surface area contributed by atoms with Crippen LogP contribution in [-0.2, 0) is 0 Å². The fraction of sp³-hybridized carbons (Fsp3) is 0.500. The molecule has 0 atom stereocenters. The highest BCUT2D eigenvalue weighted by molar-refractivity contribution is 9.10. The van der Waals surface area contributed by atoms with Gasteiger partial charge < -0.3 is 4.90 Å². The molecular formula is C16H20BrN3O. The van der Waals surface area contributed by atoms with Crippen LogP contribution in [0.3, 0.4) is 0 Å². The summed E-state index contributed by atoms with van der Waals surface area (Å²) in [6, 6.07) is 8.05. The number of rotatable bonds is 2. The average Bonchev–Trinajstić information content (AvgIpc) is 2.47. The largest absolute Gasteiger partial charge is 0.336 e. The van der Waals surface area contributed by atoms with Crippen LogP contribution in [0.1, 0.15) is 29.8 Å². The van der Waals surface area contributed by atoms with Gasteiger partial charge in [0.1, 0.15) is 5.54 Å². The molecular weight excluding hydrogens is 330 g/mol. The monoisotopic (exact) mass is 349 g/mol. The normalized spacial score (nSPS) is 16.6. The van der Waals surface area contributed by atoms with E-state index in [0.717, 1.165) is 28.7 Å². The van der Waals surface area contributed by atoms with Crippen molar-refractivity contribution in [2.75, 3.05) is 26.2 Å². The topological polar surface area (TPSA) is 47.3 Å². The maximum Gasteiger partial charge on any atom is 0.254 e. The summed E-state index contributed by atoms with van der Waals surface area (Å²) in [5.41, 5.74) is 1.27. The zero-order chi connectivity index (χ0) is 15.6. The minimum Gasteiger partial charge on any atom is -0.336 e. The van der Waals surface area contributed by atoms with Crippen LogP contribution in [0.25, 0.3) is 0 Å². The number of hydrogen-bond acceptors (Lipinski definition) is 3. The quantitative estimate of drug-likeness (QED) is 0.824. The SMILES string of the molecule is Cc1cc(Br)ccc1C(=O)N1CCN(C(C)(C)C#N)CC1. The Morgan fingerprint density at radius 3 is 2.43 bits per heavy atom. The smallest absolute Gasteiger partial charge is 0.254 e. The molecule has 0 saturated carbocycles. The molecule has 1 amide bonds. The lowest BCUT2D eigenvalue weighted by Crippen LogP contribution is -2.55. The predicted octanol–water partition coefficient (Wildman–Crippen LogP) is 2.82. The molecule has 0 bridgehead atoms. The van der Waals surface area contributed by atoms with Gasteiger partial charge in [-0.15, -0.1) is 0 Å². The van der Waals surface area contributed by atoms with Crippen LogP contribution in [0.2, 0.25) is 0 Å². The van der Waals surface area contributed by atoms with E-state index in [1.165, 1.54) is 0 Å². The zero-order valence-electron chi connectivity index (χ0n) is 12.7. The first-order chi connectivity index (χ1) is 9.85. The summed E-state index contributed by atoms with van der Waals surface area (Å²) in [7, 11) is 0. The third-order valence-electron chi connectivity index (χ3n) is 4.05. The molecule has 1 aromatic rings. The Morgan fingerprint density at radius 2 is 1.90 bits per heavy atom. The number of halogens is 1. The van der Waals surface area contributed by atoms with Crippen LogP contribution in [-0.4, -0.2) is 47.4 Å². The van der Waals surface area contributed by atoms with E-state index < -0.39 is 5.54 Å². The molecule has 1 heterocycles. The maximum atomic E-state index is 12.6. The lowest BCUT2D eigenvalue weighted by molar-refractivity contribution is 0.0520. The van der Waals surface area contributed by atoms with Crippen LogP contribution in [0.15, 0.2) is 22.7 Å². The van der Waals surface area contributed by atoms with Gasteiger partial charge in [-0.25, -0.2) is 0 Å². The molecule has 0 spiro atoms. The molecule has 5 heteroatoms. The summed E-state index contributed by atoms with van der Waals surface area (Å²) in [6.45, 7) is 8.60. The van der Waals surface area contributed by atoms with Crippen molar-refractivity contribution in [2.24, 2.45) is 0 Å². The molecule has 0 aromatic heterocycles. The van der Waals surface area contributed by atoms with E-state index in [1.807, 2.05) is 43.9 Å². The highest BCUT2D eigenvalue weighted by Gasteiger charge is 2.31. The van der Waals surface area contributed by atoms with Gasteiger partial charge in [-0.1, -0.05) is 15.9 Å². The summed E-state index contributed by atoms with van der Waals surface area (Å²) in [4.78, 5) is 16.6. The Hall–Kier alpha value is -1.38. The number of amides is 1. The third-order valence-corrected chi connectivity index (χ3v) is 4.54. The fourth-order valence-corrected chi connectivity index (χ4v) is 3.05. The van der Waals surface area contributed by atoms with Crippen LogP contribution in [0.4, 0.5) is 0 Å². The highest BCUT2D eigenvalue weighted by Crippen LogP contribution is 2.20. The first-order valence-corrected chi connectivity index (χ1v) is 7.86. The van der Waals surface area contributed by atoms with Crippen LogP contribution in [0, 0.1) is 18.3 Å². The second-order valence-electron chi connectivity index (χ2n) is 5.91. The molecule has 1 fully saturated rings. The Morgan fingerprint density at radius 1 is 1.29 bits per heavy atom. The van der Waals surface area contributed by atoms with Gasteiger partial charge in [0.25, 0.3) is 5.91 Å². The summed E-state index contributed by atoms with van der Waals surface area (Å²) in [5, 5.41) is 9.19. The summed E-state index contributed by atoms with van der Waals surface area (Å²) < 4.78 is 0.983. The van der Waals surface area contributed by atoms with Crippen molar-refractivity contribution in [3.05, 3.63) is 33.8 Å². The molecule has 4 nitrogen and oxygen atoms in total. The number of nitriles is 1. The number of aryl methyl sites for hydroxylation is 1. The van der Waals surface area contributed by atoms with Crippen molar-refractivity contribution in [1.82, 2.24) is 9.80 Å². The average molecular weight is 350 g/mol. The number of hydrogen-bond donors (Lipinski definition) is 0. The third kappa shape index (κ3) is 3.45. The molecule has 0 aliphatic carbocycles. The summed E-state index contributed by atoms with van der Waals surface area (Å²) in [6.07, 6.45) is 0. The van der Waals surface area contributed by atoms with Crippen molar-refractivity contribution < 1.29 is 4.79 Å². The van der Waals surface area contributed by atoms with Crippen molar-refractivity contribution in [1.29, 1.82) is 5.26 Å². The standard InChI is InChI=1S/C16H20BrN3O/c1-12-10-13(17)4-5-14(12)15(21)19-6-8-20(9-7-19)16(2,3)11-18/h4-5,10H,6-9H2,1-3H3. The lowest BCUT2D eigenvalue weighted by atomic mass is 10.0. The maximum absolute atomic E-state index is 12.6. The van der Waals surface area contributed by atoms with Crippen LogP contribution >= 0.6 is 15.9 Å². The van der Waals surface area contributed by atoms with E-state index >= 15 is 0 Å². The summed E-state index contributed by atoms with van der Waals surface area (Å²) in [5.74, 6) is 0.0782. The number of carbonyl (C=O) groups excluding carboxylic acids is 1. The Labute approximate surface area is 134 Å². The Kier molecular flexibility index (Phi) is 4.70. The van der Waals surface area contributed by atoms with Gasteiger partial charge in [0.15, 0.2) is 0 Å². The van der Waals surface area contributed by atoms with Crippen LogP contribution < -0.4 is 0 Å². The van der Waals surface area contributed by atoms with E-state index in [0.29, 0.717) is 13.1 Å². The molecule has 0 radical (unpaired) electrons. The number of nitrogens with zero attached hydrogens (tertiary/aromatic N) is 3. The molecule has 1 aromatic carbocycles. The van der Waals surface area contributed by atoms with Crippen molar-refractivity contribution in [3.63, 3.8) is 0 Å². The second kappa shape index (κ2) is 6.17. The zero-order valence-corrected chi connectivity index (χ0v) is 14.3. The van der Waals surface area contributed by atoms with E-state index in [-0.39, 0.29) is 5.91 Å². The van der Waals surface area contributed by atoms with Gasteiger partial charge in [0.05, 0.1) is 6.07 Å². The predicted molar refractivity (Wildman–Crippen MR) is 86.0 cm³/mol. The van der Waals surface area contributed by atoms with Gasteiger partial charge in [0, 0.05) is 36.2 Å². The molecule has 1 aliphatic heterocycles. The molecule has 0 unspecified atom stereocenters.